The van der Waals surface area contributed by atoms with Gasteiger partial charge in [-0.3, -0.25) is 4.79 Å². The normalized spacial score (nSPS) is 11.7. The van der Waals surface area contributed by atoms with Crippen LogP contribution in [0.3, 0.4) is 0 Å². The standard InChI is InChI=1S/C17H15Cl2NO3/c1-10-5-3-4-6-15(10)17(22)23-11(2)16(21)20-14-8-12(18)7-13(19)9-14/h3-9,11H,1-2H3,(H,20,21)/t11-/m1/s1. The van der Waals surface area contributed by atoms with E-state index < -0.39 is 18.0 Å². The van der Waals surface area contributed by atoms with Gasteiger partial charge in [0.15, 0.2) is 6.10 Å². The minimum absolute atomic E-state index is 0.400. The van der Waals surface area contributed by atoms with Gasteiger partial charge in [0.25, 0.3) is 5.91 Å². The van der Waals surface area contributed by atoms with E-state index in [1.165, 1.54) is 6.92 Å². The first kappa shape index (κ1) is 17.3. The molecule has 0 saturated carbocycles. The van der Waals surface area contributed by atoms with Crippen molar-refractivity contribution in [2.45, 2.75) is 20.0 Å². The molecule has 1 amide bonds. The molecule has 23 heavy (non-hydrogen) atoms. The summed E-state index contributed by atoms with van der Waals surface area (Å²) in [4.78, 5) is 24.2. The van der Waals surface area contributed by atoms with E-state index in [0.29, 0.717) is 21.3 Å². The third-order valence-corrected chi connectivity index (χ3v) is 3.58. The van der Waals surface area contributed by atoms with Gasteiger partial charge in [-0.25, -0.2) is 4.79 Å². The second-order valence-electron chi connectivity index (χ2n) is 5.01. The number of halogens is 2. The number of carbonyl (C=O) groups is 2. The molecule has 2 aromatic rings. The summed E-state index contributed by atoms with van der Waals surface area (Å²) in [5.74, 6) is -1.01. The number of carbonyl (C=O) groups excluding carboxylic acids is 2. The van der Waals surface area contributed by atoms with Crippen molar-refractivity contribution in [2.75, 3.05) is 5.32 Å². The van der Waals surface area contributed by atoms with Gasteiger partial charge in [-0.15, -0.1) is 0 Å². The van der Waals surface area contributed by atoms with E-state index in [-0.39, 0.29) is 0 Å². The van der Waals surface area contributed by atoms with Crippen LogP contribution in [0.1, 0.15) is 22.8 Å². The van der Waals surface area contributed by atoms with Crippen LogP contribution in [0.4, 0.5) is 5.69 Å². The average Bonchev–Trinajstić information content (AvgIpc) is 2.46. The van der Waals surface area contributed by atoms with Crippen LogP contribution in [0.25, 0.3) is 0 Å². The highest BCUT2D eigenvalue weighted by Crippen LogP contribution is 2.22. The van der Waals surface area contributed by atoms with Crippen molar-refractivity contribution in [1.82, 2.24) is 0 Å². The maximum Gasteiger partial charge on any atom is 0.339 e. The molecule has 0 unspecified atom stereocenters. The zero-order chi connectivity index (χ0) is 17.0. The maximum absolute atomic E-state index is 12.1. The molecule has 0 heterocycles. The number of benzene rings is 2. The van der Waals surface area contributed by atoms with E-state index in [9.17, 15) is 9.59 Å². The number of anilines is 1. The molecule has 0 spiro atoms. The van der Waals surface area contributed by atoms with E-state index in [0.717, 1.165) is 5.56 Å². The molecule has 120 valence electrons. The van der Waals surface area contributed by atoms with Crippen LogP contribution in [0.2, 0.25) is 10.0 Å². The first-order chi connectivity index (χ1) is 10.9. The Kier molecular flexibility index (Phi) is 5.64. The fourth-order valence-corrected chi connectivity index (χ4v) is 2.48. The predicted molar refractivity (Wildman–Crippen MR) is 91.1 cm³/mol. The Balaban J connectivity index is 2.02. The Bertz CT molecular complexity index is 726. The van der Waals surface area contributed by atoms with Gasteiger partial charge in [0.1, 0.15) is 0 Å². The van der Waals surface area contributed by atoms with Crippen molar-refractivity contribution in [1.29, 1.82) is 0 Å². The lowest BCUT2D eigenvalue weighted by molar-refractivity contribution is -0.123. The summed E-state index contributed by atoms with van der Waals surface area (Å²) in [6, 6.07) is 11.7. The second kappa shape index (κ2) is 7.49. The Morgan fingerprint density at radius 3 is 2.30 bits per heavy atom. The summed E-state index contributed by atoms with van der Waals surface area (Å²) < 4.78 is 5.19. The summed E-state index contributed by atoms with van der Waals surface area (Å²) in [6.45, 7) is 3.30. The van der Waals surface area contributed by atoms with Gasteiger partial charge in [0.2, 0.25) is 0 Å². The third kappa shape index (κ3) is 4.71. The van der Waals surface area contributed by atoms with Crippen molar-refractivity contribution in [3.8, 4) is 0 Å². The minimum atomic E-state index is -0.958. The SMILES string of the molecule is Cc1ccccc1C(=O)O[C@H](C)C(=O)Nc1cc(Cl)cc(Cl)c1. The van der Waals surface area contributed by atoms with Crippen LogP contribution < -0.4 is 5.32 Å². The number of aryl methyl sites for hydroxylation is 1. The molecule has 4 nitrogen and oxygen atoms in total. The quantitative estimate of drug-likeness (QED) is 0.825. The maximum atomic E-state index is 12.1. The van der Waals surface area contributed by atoms with Crippen LogP contribution in [0, 0.1) is 6.92 Å². The molecule has 0 aliphatic rings. The van der Waals surface area contributed by atoms with Crippen molar-refractivity contribution >= 4 is 40.8 Å². The number of hydrogen-bond acceptors (Lipinski definition) is 3. The highest BCUT2D eigenvalue weighted by atomic mass is 35.5. The largest absolute Gasteiger partial charge is 0.449 e. The summed E-state index contributed by atoms with van der Waals surface area (Å²) in [5.41, 5.74) is 1.65. The van der Waals surface area contributed by atoms with E-state index in [2.05, 4.69) is 5.32 Å². The molecule has 2 aromatic carbocycles. The van der Waals surface area contributed by atoms with Crippen LogP contribution in [0.15, 0.2) is 42.5 Å². The molecular formula is C17H15Cl2NO3. The molecule has 6 heteroatoms. The highest BCUT2D eigenvalue weighted by molar-refractivity contribution is 6.35. The van der Waals surface area contributed by atoms with Crippen LogP contribution in [-0.4, -0.2) is 18.0 Å². The van der Waals surface area contributed by atoms with Crippen molar-refractivity contribution < 1.29 is 14.3 Å². The molecule has 1 atom stereocenters. The molecular weight excluding hydrogens is 337 g/mol. The molecule has 0 aliphatic heterocycles. The predicted octanol–water partition coefficient (Wildman–Crippen LogP) is 4.49. The van der Waals surface area contributed by atoms with Crippen molar-refractivity contribution in [2.24, 2.45) is 0 Å². The molecule has 2 rings (SSSR count). The van der Waals surface area contributed by atoms with Gasteiger partial charge in [-0.2, -0.15) is 0 Å². The van der Waals surface area contributed by atoms with Gasteiger partial charge < -0.3 is 10.1 Å². The molecule has 0 bridgehead atoms. The fraction of sp³-hybridized carbons (Fsp3) is 0.176. The van der Waals surface area contributed by atoms with Crippen LogP contribution >= 0.6 is 23.2 Å². The molecule has 0 aromatic heterocycles. The Morgan fingerprint density at radius 2 is 1.70 bits per heavy atom. The summed E-state index contributed by atoms with van der Waals surface area (Å²) in [5, 5.41) is 3.41. The molecule has 0 radical (unpaired) electrons. The lowest BCUT2D eigenvalue weighted by atomic mass is 10.1. The summed E-state index contributed by atoms with van der Waals surface area (Å²) in [6.07, 6.45) is -0.958. The second-order valence-corrected chi connectivity index (χ2v) is 5.88. The van der Waals surface area contributed by atoms with Gasteiger partial charge in [0.05, 0.1) is 5.56 Å². The summed E-state index contributed by atoms with van der Waals surface area (Å²) in [7, 11) is 0. The van der Waals surface area contributed by atoms with Gasteiger partial charge in [0, 0.05) is 15.7 Å². The van der Waals surface area contributed by atoms with Crippen LogP contribution in [0.5, 0.6) is 0 Å². The highest BCUT2D eigenvalue weighted by Gasteiger charge is 2.20. The van der Waals surface area contributed by atoms with Gasteiger partial charge in [-0.1, -0.05) is 41.4 Å². The Labute approximate surface area is 144 Å². The molecule has 0 saturated heterocycles. The van der Waals surface area contributed by atoms with E-state index in [1.807, 2.05) is 6.07 Å². The fourth-order valence-electron chi connectivity index (χ4n) is 1.95. The third-order valence-electron chi connectivity index (χ3n) is 3.15. The van der Waals surface area contributed by atoms with E-state index >= 15 is 0 Å². The monoisotopic (exact) mass is 351 g/mol. The van der Waals surface area contributed by atoms with Crippen molar-refractivity contribution in [3.63, 3.8) is 0 Å². The lowest BCUT2D eigenvalue weighted by Gasteiger charge is -2.14. The lowest BCUT2D eigenvalue weighted by Crippen LogP contribution is -2.30. The first-order valence-electron chi connectivity index (χ1n) is 6.90. The van der Waals surface area contributed by atoms with E-state index in [1.54, 1.807) is 43.3 Å². The Morgan fingerprint density at radius 1 is 1.09 bits per heavy atom. The molecule has 0 fully saturated rings. The number of hydrogen-bond donors (Lipinski definition) is 1. The zero-order valence-electron chi connectivity index (χ0n) is 12.6. The average molecular weight is 352 g/mol. The van der Waals surface area contributed by atoms with Gasteiger partial charge in [-0.05, 0) is 43.7 Å². The van der Waals surface area contributed by atoms with Crippen LogP contribution in [-0.2, 0) is 9.53 Å². The zero-order valence-corrected chi connectivity index (χ0v) is 14.1. The number of nitrogens with one attached hydrogen (secondary N) is 1. The topological polar surface area (TPSA) is 55.4 Å². The first-order valence-corrected chi connectivity index (χ1v) is 7.66. The number of amides is 1. The Hall–Kier alpha value is -2.04. The van der Waals surface area contributed by atoms with E-state index in [4.69, 9.17) is 27.9 Å². The van der Waals surface area contributed by atoms with Crippen molar-refractivity contribution in [3.05, 3.63) is 63.6 Å². The number of rotatable bonds is 4. The summed E-state index contributed by atoms with van der Waals surface area (Å²) >= 11 is 11.7. The van der Waals surface area contributed by atoms with Gasteiger partial charge >= 0.3 is 5.97 Å². The number of ether oxygens (including phenoxy) is 1. The minimum Gasteiger partial charge on any atom is -0.449 e. The smallest absolute Gasteiger partial charge is 0.339 e. The molecule has 1 N–H and O–H groups in total. The molecule has 0 aliphatic carbocycles. The number of esters is 1.